The summed E-state index contributed by atoms with van der Waals surface area (Å²) in [5.41, 5.74) is 0.904. The largest absolute Gasteiger partial charge is 0.374 e. The summed E-state index contributed by atoms with van der Waals surface area (Å²) in [4.78, 5) is 6.28. The number of benzene rings is 1. The van der Waals surface area contributed by atoms with Crippen LogP contribution < -0.4 is 15.5 Å². The predicted octanol–water partition coefficient (Wildman–Crippen LogP) is 3.58. The zero-order valence-electron chi connectivity index (χ0n) is 14.8. The van der Waals surface area contributed by atoms with Crippen molar-refractivity contribution in [1.82, 2.24) is 10.6 Å². The zero-order valence-corrected chi connectivity index (χ0v) is 18.0. The molecule has 1 aromatic rings. The molecular formula is C17H30FIN4S. The van der Waals surface area contributed by atoms with Gasteiger partial charge in [-0.15, -0.1) is 24.0 Å². The van der Waals surface area contributed by atoms with E-state index in [0.29, 0.717) is 0 Å². The molecule has 0 saturated carbocycles. The van der Waals surface area contributed by atoms with Crippen molar-refractivity contribution < 1.29 is 4.39 Å². The molecule has 0 aromatic heterocycles. The quantitative estimate of drug-likeness (QED) is 0.238. The van der Waals surface area contributed by atoms with Crippen LogP contribution in [0.3, 0.4) is 0 Å². The first kappa shape index (κ1) is 23.3. The highest BCUT2D eigenvalue weighted by Gasteiger charge is 2.02. The van der Waals surface area contributed by atoms with E-state index in [9.17, 15) is 4.39 Å². The monoisotopic (exact) mass is 468 g/mol. The molecule has 0 radical (unpaired) electrons. The lowest BCUT2D eigenvalue weighted by Gasteiger charge is -2.19. The minimum atomic E-state index is -0.196. The topological polar surface area (TPSA) is 39.7 Å². The second-order valence-corrected chi connectivity index (χ2v) is 6.37. The van der Waals surface area contributed by atoms with Crippen molar-refractivity contribution in [3.05, 3.63) is 30.1 Å². The number of nitrogens with zero attached hydrogens (tertiary/aromatic N) is 2. The lowest BCUT2D eigenvalue weighted by molar-refractivity contribution is 0.626. The van der Waals surface area contributed by atoms with Crippen molar-refractivity contribution in [2.75, 3.05) is 50.6 Å². The maximum Gasteiger partial charge on any atom is 0.190 e. The summed E-state index contributed by atoms with van der Waals surface area (Å²) in [5.74, 6) is 1.86. The minimum absolute atomic E-state index is 0. The van der Waals surface area contributed by atoms with Crippen LogP contribution in [0, 0.1) is 5.82 Å². The molecule has 0 aliphatic carbocycles. The first-order chi connectivity index (χ1) is 11.2. The third-order valence-corrected chi connectivity index (χ3v) is 4.20. The summed E-state index contributed by atoms with van der Waals surface area (Å²) in [5, 5.41) is 6.63. The number of aliphatic imine (C=N–C) groups is 1. The van der Waals surface area contributed by atoms with Crippen LogP contribution in [0.2, 0.25) is 0 Å². The summed E-state index contributed by atoms with van der Waals surface area (Å²) >= 11 is 1.88. The lowest BCUT2D eigenvalue weighted by atomic mass is 10.2. The molecule has 0 amide bonds. The summed E-state index contributed by atoms with van der Waals surface area (Å²) in [6.07, 6.45) is 5.47. The number of halogens is 2. The number of anilines is 1. The normalized spacial score (nSPS) is 10.9. The van der Waals surface area contributed by atoms with Gasteiger partial charge in [-0.05, 0) is 49.5 Å². The van der Waals surface area contributed by atoms with Crippen molar-refractivity contribution in [3.63, 3.8) is 0 Å². The third-order valence-electron chi connectivity index (χ3n) is 3.50. The van der Waals surface area contributed by atoms with E-state index < -0.39 is 0 Å². The van der Waals surface area contributed by atoms with Gasteiger partial charge in [0, 0.05) is 39.4 Å². The first-order valence-electron chi connectivity index (χ1n) is 8.07. The van der Waals surface area contributed by atoms with E-state index in [4.69, 9.17) is 0 Å². The average molecular weight is 468 g/mol. The summed E-state index contributed by atoms with van der Waals surface area (Å²) in [6.45, 7) is 2.65. The molecule has 138 valence electrons. The Labute approximate surface area is 167 Å². The fourth-order valence-corrected chi connectivity index (χ4v) is 2.66. The van der Waals surface area contributed by atoms with Crippen molar-refractivity contribution in [3.8, 4) is 0 Å². The molecule has 0 fully saturated rings. The highest BCUT2D eigenvalue weighted by Crippen LogP contribution is 2.13. The van der Waals surface area contributed by atoms with Gasteiger partial charge >= 0.3 is 0 Å². The van der Waals surface area contributed by atoms with Gasteiger partial charge in [0.15, 0.2) is 5.96 Å². The smallest absolute Gasteiger partial charge is 0.190 e. The highest BCUT2D eigenvalue weighted by molar-refractivity contribution is 14.0. The number of unbranched alkanes of at least 4 members (excludes halogenated alkanes) is 1. The molecule has 0 atom stereocenters. The maximum atomic E-state index is 13.2. The number of guanidine groups is 1. The zero-order chi connectivity index (χ0) is 16.9. The van der Waals surface area contributed by atoms with E-state index in [2.05, 4.69) is 26.8 Å². The Morgan fingerprint density at radius 3 is 2.54 bits per heavy atom. The van der Waals surface area contributed by atoms with Crippen molar-refractivity contribution in [2.45, 2.75) is 19.3 Å². The molecule has 0 heterocycles. The molecule has 1 rings (SSSR count). The van der Waals surface area contributed by atoms with Gasteiger partial charge in [0.05, 0.1) is 0 Å². The Morgan fingerprint density at radius 2 is 1.92 bits per heavy atom. The van der Waals surface area contributed by atoms with Crippen molar-refractivity contribution in [1.29, 1.82) is 0 Å². The van der Waals surface area contributed by atoms with Crippen LogP contribution in [0.5, 0.6) is 0 Å². The molecule has 0 aliphatic rings. The third kappa shape index (κ3) is 10.2. The van der Waals surface area contributed by atoms with E-state index in [0.717, 1.165) is 44.1 Å². The molecular weight excluding hydrogens is 438 g/mol. The van der Waals surface area contributed by atoms with Crippen LogP contribution in [0.1, 0.15) is 19.3 Å². The Bertz CT molecular complexity index is 474. The fraction of sp³-hybridized carbons (Fsp3) is 0.588. The van der Waals surface area contributed by atoms with Crippen molar-refractivity contribution in [2.24, 2.45) is 4.99 Å². The number of hydrogen-bond donors (Lipinski definition) is 2. The molecule has 4 nitrogen and oxygen atoms in total. The van der Waals surface area contributed by atoms with Gasteiger partial charge in [0.2, 0.25) is 0 Å². The summed E-state index contributed by atoms with van der Waals surface area (Å²) < 4.78 is 13.2. The second kappa shape index (κ2) is 14.6. The van der Waals surface area contributed by atoms with Gasteiger partial charge in [-0.1, -0.05) is 6.07 Å². The average Bonchev–Trinajstić information content (AvgIpc) is 2.56. The second-order valence-electron chi connectivity index (χ2n) is 5.38. The number of hydrogen-bond acceptors (Lipinski definition) is 3. The Hall–Kier alpha value is -0.700. The molecule has 0 unspecified atom stereocenters. The lowest BCUT2D eigenvalue weighted by Crippen LogP contribution is -2.39. The Morgan fingerprint density at radius 1 is 1.21 bits per heavy atom. The van der Waals surface area contributed by atoms with Gasteiger partial charge in [-0.2, -0.15) is 11.8 Å². The van der Waals surface area contributed by atoms with Crippen LogP contribution in [0.4, 0.5) is 10.1 Å². The maximum absolute atomic E-state index is 13.2. The molecule has 0 aliphatic heterocycles. The molecule has 1 aromatic carbocycles. The molecule has 7 heteroatoms. The van der Waals surface area contributed by atoms with E-state index in [1.165, 1.54) is 18.2 Å². The summed E-state index contributed by atoms with van der Waals surface area (Å²) in [7, 11) is 3.77. The van der Waals surface area contributed by atoms with E-state index >= 15 is 0 Å². The predicted molar refractivity (Wildman–Crippen MR) is 117 cm³/mol. The van der Waals surface area contributed by atoms with Crippen LogP contribution >= 0.6 is 35.7 Å². The van der Waals surface area contributed by atoms with Crippen LogP contribution in [0.25, 0.3) is 0 Å². The fourth-order valence-electron chi connectivity index (χ4n) is 2.16. The first-order valence-corrected chi connectivity index (χ1v) is 9.47. The van der Waals surface area contributed by atoms with Gasteiger partial charge in [-0.3, -0.25) is 4.99 Å². The van der Waals surface area contributed by atoms with Crippen LogP contribution in [-0.4, -0.2) is 51.7 Å². The molecule has 0 spiro atoms. The number of rotatable bonds is 10. The van der Waals surface area contributed by atoms with Gasteiger partial charge < -0.3 is 15.5 Å². The van der Waals surface area contributed by atoms with Crippen LogP contribution in [0.15, 0.2) is 29.3 Å². The Kier molecular flexibility index (Phi) is 14.2. The highest BCUT2D eigenvalue weighted by atomic mass is 127. The molecule has 0 saturated heterocycles. The SMILES string of the molecule is CN=C(NCCCCSC)NCCCN(C)c1cccc(F)c1.I. The van der Waals surface area contributed by atoms with E-state index in [1.54, 1.807) is 19.2 Å². The summed E-state index contributed by atoms with van der Waals surface area (Å²) in [6, 6.07) is 6.68. The van der Waals surface area contributed by atoms with E-state index in [-0.39, 0.29) is 29.8 Å². The van der Waals surface area contributed by atoms with Crippen LogP contribution in [-0.2, 0) is 0 Å². The molecule has 0 bridgehead atoms. The number of thioether (sulfide) groups is 1. The van der Waals surface area contributed by atoms with E-state index in [1.807, 2.05) is 24.9 Å². The van der Waals surface area contributed by atoms with Gasteiger partial charge in [-0.25, -0.2) is 4.39 Å². The Balaban J connectivity index is 0.00000529. The van der Waals surface area contributed by atoms with Crippen molar-refractivity contribution >= 4 is 47.4 Å². The van der Waals surface area contributed by atoms with Gasteiger partial charge in [0.25, 0.3) is 0 Å². The minimum Gasteiger partial charge on any atom is -0.374 e. The molecule has 2 N–H and O–H groups in total. The van der Waals surface area contributed by atoms with Gasteiger partial charge in [0.1, 0.15) is 5.82 Å². The standard InChI is InChI=1S/C17H29FN4S.HI/c1-19-17(20-10-4-5-13-23-3)21-11-7-12-22(2)16-9-6-8-15(18)14-16;/h6,8-9,14H,4-5,7,10-13H2,1-3H3,(H2,19,20,21);1H. The molecule has 24 heavy (non-hydrogen) atoms. The number of nitrogens with one attached hydrogen (secondary N) is 2.